The molecule has 5 atom stereocenters. The van der Waals surface area contributed by atoms with Crippen LogP contribution in [-0.4, -0.2) is 40.7 Å². The van der Waals surface area contributed by atoms with Crippen LogP contribution < -0.4 is 0 Å². The molecule has 1 saturated carbocycles. The van der Waals surface area contributed by atoms with Gasteiger partial charge in [-0.2, -0.15) is 0 Å². The van der Waals surface area contributed by atoms with Crippen molar-refractivity contribution in [1.29, 1.82) is 0 Å². The standard InChI is InChI=1S/C27H30O5/c28-23-16-24(30-17-20-10-4-1-5-11-20)26(31-18-21-12-6-2-7-13-21)27(25(23)29)32-19-22-14-8-3-9-15-22/h1-15,23-29H,16-19H2/t23-,24+,25?,26+,27-/m1/s1. The molecule has 3 aromatic rings. The molecule has 0 aliphatic heterocycles. The van der Waals surface area contributed by atoms with Gasteiger partial charge in [-0.1, -0.05) is 91.0 Å². The van der Waals surface area contributed by atoms with Crippen LogP contribution in [0.5, 0.6) is 0 Å². The zero-order valence-electron chi connectivity index (χ0n) is 18.0. The highest BCUT2D eigenvalue weighted by atomic mass is 16.6. The average molecular weight is 435 g/mol. The van der Waals surface area contributed by atoms with E-state index in [1.54, 1.807) is 0 Å². The van der Waals surface area contributed by atoms with Gasteiger partial charge in [0.05, 0.1) is 32.0 Å². The van der Waals surface area contributed by atoms with Crippen LogP contribution >= 0.6 is 0 Å². The summed E-state index contributed by atoms with van der Waals surface area (Å²) in [5, 5.41) is 21.3. The maximum Gasteiger partial charge on any atom is 0.115 e. The third-order valence-electron chi connectivity index (χ3n) is 5.77. The fraction of sp³-hybridized carbons (Fsp3) is 0.333. The van der Waals surface area contributed by atoms with Gasteiger partial charge in [-0.15, -0.1) is 0 Å². The van der Waals surface area contributed by atoms with Crippen LogP contribution in [0.2, 0.25) is 0 Å². The highest BCUT2D eigenvalue weighted by Gasteiger charge is 2.46. The van der Waals surface area contributed by atoms with E-state index in [0.29, 0.717) is 19.8 Å². The first kappa shape index (κ1) is 22.6. The number of aliphatic hydroxyl groups excluding tert-OH is 2. The molecule has 2 N–H and O–H groups in total. The normalized spacial score (nSPS) is 25.5. The van der Waals surface area contributed by atoms with Gasteiger partial charge in [0.1, 0.15) is 18.3 Å². The topological polar surface area (TPSA) is 68.2 Å². The molecule has 1 unspecified atom stereocenters. The summed E-state index contributed by atoms with van der Waals surface area (Å²) in [6.07, 6.45) is -3.40. The van der Waals surface area contributed by atoms with E-state index in [1.165, 1.54) is 0 Å². The minimum atomic E-state index is -1.06. The lowest BCUT2D eigenvalue weighted by Crippen LogP contribution is -2.58. The molecule has 0 aromatic heterocycles. The molecule has 3 aromatic carbocycles. The van der Waals surface area contributed by atoms with Gasteiger partial charge in [0.25, 0.3) is 0 Å². The van der Waals surface area contributed by atoms with E-state index < -0.39 is 30.5 Å². The lowest BCUT2D eigenvalue weighted by atomic mass is 9.86. The maximum absolute atomic E-state index is 10.8. The van der Waals surface area contributed by atoms with Crippen molar-refractivity contribution in [3.63, 3.8) is 0 Å². The first-order valence-corrected chi connectivity index (χ1v) is 11.0. The Labute approximate surface area is 189 Å². The van der Waals surface area contributed by atoms with E-state index in [-0.39, 0.29) is 6.42 Å². The molecule has 1 fully saturated rings. The lowest BCUT2D eigenvalue weighted by Gasteiger charge is -2.42. The Kier molecular flexibility index (Phi) is 8.04. The van der Waals surface area contributed by atoms with Gasteiger partial charge in [-0.3, -0.25) is 0 Å². The third-order valence-corrected chi connectivity index (χ3v) is 5.77. The average Bonchev–Trinajstić information content (AvgIpc) is 2.85. The Hall–Kier alpha value is -2.54. The van der Waals surface area contributed by atoms with Gasteiger partial charge >= 0.3 is 0 Å². The Morgan fingerprint density at radius 2 is 0.969 bits per heavy atom. The molecule has 32 heavy (non-hydrogen) atoms. The fourth-order valence-electron chi connectivity index (χ4n) is 4.01. The van der Waals surface area contributed by atoms with Crippen molar-refractivity contribution in [3.8, 4) is 0 Å². The molecule has 1 aliphatic rings. The number of benzene rings is 3. The van der Waals surface area contributed by atoms with Crippen molar-refractivity contribution in [3.05, 3.63) is 108 Å². The van der Waals surface area contributed by atoms with Gasteiger partial charge in [-0.25, -0.2) is 0 Å². The van der Waals surface area contributed by atoms with Crippen LogP contribution in [0.3, 0.4) is 0 Å². The lowest BCUT2D eigenvalue weighted by molar-refractivity contribution is -0.228. The van der Waals surface area contributed by atoms with E-state index in [1.807, 2.05) is 91.0 Å². The van der Waals surface area contributed by atoms with Crippen molar-refractivity contribution < 1.29 is 24.4 Å². The van der Waals surface area contributed by atoms with Crippen molar-refractivity contribution in [2.24, 2.45) is 0 Å². The van der Waals surface area contributed by atoms with Crippen molar-refractivity contribution in [2.75, 3.05) is 0 Å². The largest absolute Gasteiger partial charge is 0.390 e. The summed E-state index contributed by atoms with van der Waals surface area (Å²) in [7, 11) is 0. The Balaban J connectivity index is 1.50. The van der Waals surface area contributed by atoms with Crippen LogP contribution in [-0.2, 0) is 34.0 Å². The van der Waals surface area contributed by atoms with Crippen molar-refractivity contribution in [1.82, 2.24) is 0 Å². The molecule has 0 amide bonds. The summed E-state index contributed by atoms with van der Waals surface area (Å²) in [6, 6.07) is 29.5. The number of hydrogen-bond acceptors (Lipinski definition) is 5. The monoisotopic (exact) mass is 434 g/mol. The molecule has 5 heteroatoms. The summed E-state index contributed by atoms with van der Waals surface area (Å²) >= 11 is 0. The van der Waals surface area contributed by atoms with Crippen LogP contribution in [0.15, 0.2) is 91.0 Å². The van der Waals surface area contributed by atoms with Gasteiger partial charge in [0.2, 0.25) is 0 Å². The first-order chi connectivity index (χ1) is 15.7. The Bertz CT molecular complexity index is 919. The molecule has 0 saturated heterocycles. The highest BCUT2D eigenvalue weighted by Crippen LogP contribution is 2.30. The van der Waals surface area contributed by atoms with E-state index in [9.17, 15) is 10.2 Å². The predicted octanol–water partition coefficient (Wildman–Crippen LogP) is 3.87. The van der Waals surface area contributed by atoms with Crippen LogP contribution in [0.1, 0.15) is 23.1 Å². The highest BCUT2D eigenvalue weighted by molar-refractivity contribution is 5.15. The summed E-state index contributed by atoms with van der Waals surface area (Å²) in [4.78, 5) is 0. The van der Waals surface area contributed by atoms with Crippen molar-refractivity contribution >= 4 is 0 Å². The number of rotatable bonds is 9. The number of ether oxygens (including phenoxy) is 3. The van der Waals surface area contributed by atoms with E-state index in [4.69, 9.17) is 14.2 Å². The summed E-state index contributed by atoms with van der Waals surface area (Å²) in [5.41, 5.74) is 3.05. The minimum absolute atomic E-state index is 0.276. The summed E-state index contributed by atoms with van der Waals surface area (Å²) in [6.45, 7) is 1.07. The van der Waals surface area contributed by atoms with Gasteiger partial charge < -0.3 is 24.4 Å². The predicted molar refractivity (Wildman–Crippen MR) is 122 cm³/mol. The molecule has 0 spiro atoms. The molecule has 0 heterocycles. The first-order valence-electron chi connectivity index (χ1n) is 11.0. The Morgan fingerprint density at radius 3 is 1.44 bits per heavy atom. The van der Waals surface area contributed by atoms with Crippen molar-refractivity contribution in [2.45, 2.75) is 56.8 Å². The minimum Gasteiger partial charge on any atom is -0.390 e. The van der Waals surface area contributed by atoms with Crippen LogP contribution in [0.25, 0.3) is 0 Å². The zero-order chi connectivity index (χ0) is 22.2. The Morgan fingerprint density at radius 1 is 0.562 bits per heavy atom. The van der Waals surface area contributed by atoms with E-state index >= 15 is 0 Å². The van der Waals surface area contributed by atoms with Gasteiger partial charge in [0.15, 0.2) is 0 Å². The second-order valence-electron chi connectivity index (χ2n) is 8.15. The second kappa shape index (κ2) is 11.4. The van der Waals surface area contributed by atoms with Gasteiger partial charge in [-0.05, 0) is 16.7 Å². The van der Waals surface area contributed by atoms with E-state index in [0.717, 1.165) is 16.7 Å². The summed E-state index contributed by atoms with van der Waals surface area (Å²) in [5.74, 6) is 0. The maximum atomic E-state index is 10.8. The molecule has 4 rings (SSSR count). The molecule has 1 aliphatic carbocycles. The molecular formula is C27H30O5. The van der Waals surface area contributed by atoms with Gasteiger partial charge in [0, 0.05) is 6.42 Å². The molecule has 168 valence electrons. The number of aliphatic hydroxyl groups is 2. The molecule has 0 radical (unpaired) electrons. The smallest absolute Gasteiger partial charge is 0.115 e. The van der Waals surface area contributed by atoms with Crippen LogP contribution in [0.4, 0.5) is 0 Å². The molecule has 5 nitrogen and oxygen atoms in total. The zero-order valence-corrected chi connectivity index (χ0v) is 18.0. The third kappa shape index (κ3) is 6.03. The molecular weight excluding hydrogens is 404 g/mol. The van der Waals surface area contributed by atoms with E-state index in [2.05, 4.69) is 0 Å². The second-order valence-corrected chi connectivity index (χ2v) is 8.15. The summed E-state index contributed by atoms with van der Waals surface area (Å²) < 4.78 is 18.6. The fourth-order valence-corrected chi connectivity index (χ4v) is 4.01. The molecule has 0 bridgehead atoms. The number of hydrogen-bond donors (Lipinski definition) is 2. The SMILES string of the molecule is OC1[C@H](O)C[C@H](OCc2ccccc2)[C@H](OCc2ccccc2)[C@@H]1OCc1ccccc1. The van der Waals surface area contributed by atoms with Crippen LogP contribution in [0, 0.1) is 0 Å². The quantitative estimate of drug-likeness (QED) is 0.535.